The van der Waals surface area contributed by atoms with Crippen LogP contribution in [0.4, 0.5) is 0 Å². The van der Waals surface area contributed by atoms with Crippen molar-refractivity contribution in [3.63, 3.8) is 0 Å². The highest BCUT2D eigenvalue weighted by atomic mass is 35.5. The van der Waals surface area contributed by atoms with Crippen molar-refractivity contribution in [1.29, 1.82) is 0 Å². The van der Waals surface area contributed by atoms with Gasteiger partial charge in [0.1, 0.15) is 0 Å². The minimum atomic E-state index is -0.360. The van der Waals surface area contributed by atoms with Crippen LogP contribution in [0.25, 0.3) is 0 Å². The number of hydrogen-bond donors (Lipinski definition) is 1. The molecule has 1 aromatic carbocycles. The molecule has 4 heteroatoms. The Morgan fingerprint density at radius 2 is 1.93 bits per heavy atom. The molecule has 1 aromatic rings. The van der Waals surface area contributed by atoms with Crippen molar-refractivity contribution >= 4 is 34.8 Å². The summed E-state index contributed by atoms with van der Waals surface area (Å²) in [7, 11) is 0. The van der Waals surface area contributed by atoms with Crippen LogP contribution in [0.2, 0.25) is 10.0 Å². The predicted octanol–water partition coefficient (Wildman–Crippen LogP) is 3.92. The lowest BCUT2D eigenvalue weighted by Gasteiger charge is -2.10. The fourth-order valence-electron chi connectivity index (χ4n) is 1.35. The van der Waals surface area contributed by atoms with Crippen molar-refractivity contribution in [2.75, 3.05) is 5.88 Å². The van der Waals surface area contributed by atoms with Crippen LogP contribution >= 0.6 is 34.8 Å². The van der Waals surface area contributed by atoms with E-state index in [1.165, 1.54) is 0 Å². The standard InChI is InChI=1S/C11H13Cl3O/c12-5-1-2-9(15)6-8-3-4-10(13)11(14)7-8/h3-4,7,9,15H,1-2,5-6H2. The van der Waals surface area contributed by atoms with Crippen molar-refractivity contribution in [2.24, 2.45) is 0 Å². The molecule has 1 nitrogen and oxygen atoms in total. The third kappa shape index (κ3) is 4.60. The summed E-state index contributed by atoms with van der Waals surface area (Å²) in [6.07, 6.45) is 1.77. The molecule has 0 fully saturated rings. The van der Waals surface area contributed by atoms with Gasteiger partial charge in [-0.05, 0) is 37.0 Å². The first kappa shape index (κ1) is 13.1. The van der Waals surface area contributed by atoms with Crippen LogP contribution in [0, 0.1) is 0 Å². The molecule has 15 heavy (non-hydrogen) atoms. The first-order valence-electron chi connectivity index (χ1n) is 4.81. The second-order valence-electron chi connectivity index (χ2n) is 3.44. The van der Waals surface area contributed by atoms with Crippen molar-refractivity contribution in [3.8, 4) is 0 Å². The van der Waals surface area contributed by atoms with Crippen LogP contribution in [0.1, 0.15) is 18.4 Å². The number of alkyl halides is 1. The summed E-state index contributed by atoms with van der Waals surface area (Å²) < 4.78 is 0. The molecule has 0 aliphatic carbocycles. The maximum Gasteiger partial charge on any atom is 0.0595 e. The second kappa shape index (κ2) is 6.59. The van der Waals surface area contributed by atoms with E-state index in [1.54, 1.807) is 12.1 Å². The topological polar surface area (TPSA) is 20.2 Å². The van der Waals surface area contributed by atoms with Gasteiger partial charge in [-0.2, -0.15) is 0 Å². The van der Waals surface area contributed by atoms with Gasteiger partial charge < -0.3 is 5.11 Å². The van der Waals surface area contributed by atoms with Crippen LogP contribution in [0.5, 0.6) is 0 Å². The summed E-state index contributed by atoms with van der Waals surface area (Å²) in [5, 5.41) is 10.7. The molecular formula is C11H13Cl3O. The van der Waals surface area contributed by atoms with Crippen LogP contribution < -0.4 is 0 Å². The van der Waals surface area contributed by atoms with E-state index in [1.807, 2.05) is 6.07 Å². The van der Waals surface area contributed by atoms with E-state index in [4.69, 9.17) is 34.8 Å². The van der Waals surface area contributed by atoms with Gasteiger partial charge in [-0.3, -0.25) is 0 Å². The summed E-state index contributed by atoms with van der Waals surface area (Å²) >= 11 is 17.2. The Hall–Kier alpha value is 0.0500. The Labute approximate surface area is 105 Å². The molecule has 0 radical (unpaired) electrons. The number of hydrogen-bond acceptors (Lipinski definition) is 1. The van der Waals surface area contributed by atoms with Crippen molar-refractivity contribution < 1.29 is 5.11 Å². The maximum atomic E-state index is 9.66. The monoisotopic (exact) mass is 266 g/mol. The summed E-state index contributed by atoms with van der Waals surface area (Å²) in [6, 6.07) is 5.40. The highest BCUT2D eigenvalue weighted by Gasteiger charge is 2.06. The Bertz CT molecular complexity index is 315. The number of rotatable bonds is 5. The molecule has 0 heterocycles. The Morgan fingerprint density at radius 3 is 2.53 bits per heavy atom. The molecule has 1 atom stereocenters. The third-order valence-corrected chi connectivity index (χ3v) is 3.13. The normalized spacial score (nSPS) is 12.8. The fourth-order valence-corrected chi connectivity index (χ4v) is 1.83. The van der Waals surface area contributed by atoms with E-state index in [9.17, 15) is 5.11 Å². The van der Waals surface area contributed by atoms with Gasteiger partial charge in [-0.1, -0.05) is 29.3 Å². The fraction of sp³-hybridized carbons (Fsp3) is 0.455. The van der Waals surface area contributed by atoms with E-state index in [-0.39, 0.29) is 6.10 Å². The average molecular weight is 268 g/mol. The van der Waals surface area contributed by atoms with E-state index in [0.717, 1.165) is 12.0 Å². The van der Waals surface area contributed by atoms with Gasteiger partial charge in [0.25, 0.3) is 0 Å². The molecule has 84 valence electrons. The van der Waals surface area contributed by atoms with Crippen LogP contribution in [0.3, 0.4) is 0 Å². The predicted molar refractivity (Wildman–Crippen MR) is 66.1 cm³/mol. The van der Waals surface area contributed by atoms with Gasteiger partial charge >= 0.3 is 0 Å². The zero-order chi connectivity index (χ0) is 11.3. The Morgan fingerprint density at radius 1 is 1.20 bits per heavy atom. The summed E-state index contributed by atoms with van der Waals surface area (Å²) in [6.45, 7) is 0. The number of aliphatic hydroxyl groups is 1. The lowest BCUT2D eigenvalue weighted by molar-refractivity contribution is 0.164. The van der Waals surface area contributed by atoms with E-state index >= 15 is 0 Å². The van der Waals surface area contributed by atoms with Crippen molar-refractivity contribution in [1.82, 2.24) is 0 Å². The highest BCUT2D eigenvalue weighted by molar-refractivity contribution is 6.42. The smallest absolute Gasteiger partial charge is 0.0595 e. The van der Waals surface area contributed by atoms with Gasteiger partial charge in [0.05, 0.1) is 16.1 Å². The van der Waals surface area contributed by atoms with Crippen LogP contribution in [0.15, 0.2) is 18.2 Å². The lowest BCUT2D eigenvalue weighted by atomic mass is 10.0. The lowest BCUT2D eigenvalue weighted by Crippen LogP contribution is -2.10. The molecule has 0 bridgehead atoms. The van der Waals surface area contributed by atoms with Gasteiger partial charge in [-0.15, -0.1) is 11.6 Å². The van der Waals surface area contributed by atoms with Crippen LogP contribution in [-0.4, -0.2) is 17.1 Å². The molecular weight excluding hydrogens is 254 g/mol. The number of benzene rings is 1. The van der Waals surface area contributed by atoms with E-state index in [0.29, 0.717) is 28.8 Å². The Balaban J connectivity index is 2.53. The molecule has 0 spiro atoms. The second-order valence-corrected chi connectivity index (χ2v) is 4.63. The Kier molecular flexibility index (Phi) is 5.77. The molecule has 0 saturated carbocycles. The zero-order valence-corrected chi connectivity index (χ0v) is 10.5. The minimum absolute atomic E-state index is 0.360. The molecule has 0 saturated heterocycles. The largest absolute Gasteiger partial charge is 0.393 e. The summed E-state index contributed by atoms with van der Waals surface area (Å²) in [5.74, 6) is 0.582. The highest BCUT2D eigenvalue weighted by Crippen LogP contribution is 2.23. The van der Waals surface area contributed by atoms with E-state index < -0.39 is 0 Å². The van der Waals surface area contributed by atoms with Gasteiger partial charge in [0.2, 0.25) is 0 Å². The average Bonchev–Trinajstić information content (AvgIpc) is 2.20. The summed E-state index contributed by atoms with van der Waals surface area (Å²) in [4.78, 5) is 0. The SMILES string of the molecule is OC(CCCCl)Cc1ccc(Cl)c(Cl)c1. The molecule has 0 amide bonds. The van der Waals surface area contributed by atoms with E-state index in [2.05, 4.69) is 0 Å². The maximum absolute atomic E-state index is 9.66. The van der Waals surface area contributed by atoms with Crippen molar-refractivity contribution in [3.05, 3.63) is 33.8 Å². The minimum Gasteiger partial charge on any atom is -0.393 e. The zero-order valence-electron chi connectivity index (χ0n) is 8.22. The van der Waals surface area contributed by atoms with Crippen LogP contribution in [-0.2, 0) is 6.42 Å². The van der Waals surface area contributed by atoms with Gasteiger partial charge in [0, 0.05) is 5.88 Å². The third-order valence-electron chi connectivity index (χ3n) is 2.13. The molecule has 0 aromatic heterocycles. The molecule has 1 rings (SSSR count). The first-order valence-corrected chi connectivity index (χ1v) is 6.10. The van der Waals surface area contributed by atoms with Gasteiger partial charge in [-0.25, -0.2) is 0 Å². The molecule has 1 N–H and O–H groups in total. The van der Waals surface area contributed by atoms with Crippen molar-refractivity contribution in [2.45, 2.75) is 25.4 Å². The molecule has 0 aliphatic heterocycles. The summed E-state index contributed by atoms with van der Waals surface area (Å²) in [5.41, 5.74) is 0.992. The molecule has 1 unspecified atom stereocenters. The molecule has 0 aliphatic rings. The number of aliphatic hydroxyl groups excluding tert-OH is 1. The quantitative estimate of drug-likeness (QED) is 0.802. The van der Waals surface area contributed by atoms with Gasteiger partial charge in [0.15, 0.2) is 0 Å². The first-order chi connectivity index (χ1) is 7.13. The number of halogens is 3.